The Morgan fingerprint density at radius 3 is 2.33 bits per heavy atom. The molecule has 158 valence electrons. The highest BCUT2D eigenvalue weighted by Crippen LogP contribution is 2.27. The van der Waals surface area contributed by atoms with Crippen LogP contribution in [0.25, 0.3) is 5.82 Å². The molecule has 0 aliphatic carbocycles. The zero-order valence-electron chi connectivity index (χ0n) is 17.2. The molecular weight excluding hydrogens is 404 g/mol. The standard InChI is InChI=1S/C20H24N6O3S/c1-15-16(2)26(14-23-15)20-12-19(21-13-22-20)24-8-10-25(11-9-24)30(27,28)18-7-5-4-6-17(18)29-3/h4-7,12-14H,8-11H2,1-3H3. The number of methoxy groups -OCH3 is 1. The Kier molecular flexibility index (Phi) is 5.44. The van der Waals surface area contributed by atoms with Gasteiger partial charge < -0.3 is 9.64 Å². The summed E-state index contributed by atoms with van der Waals surface area (Å²) in [6.07, 6.45) is 3.27. The molecule has 30 heavy (non-hydrogen) atoms. The Labute approximate surface area is 176 Å². The molecule has 3 heterocycles. The molecule has 3 aromatic rings. The number of para-hydroxylation sites is 1. The largest absolute Gasteiger partial charge is 0.495 e. The average molecular weight is 429 g/mol. The number of rotatable bonds is 5. The fourth-order valence-corrected chi connectivity index (χ4v) is 5.08. The van der Waals surface area contributed by atoms with Gasteiger partial charge >= 0.3 is 0 Å². The van der Waals surface area contributed by atoms with E-state index in [1.807, 2.05) is 24.5 Å². The molecule has 0 saturated carbocycles. The van der Waals surface area contributed by atoms with Crippen molar-refractivity contribution in [2.24, 2.45) is 0 Å². The number of nitrogens with zero attached hydrogens (tertiary/aromatic N) is 6. The predicted octanol–water partition coefficient (Wildman–Crippen LogP) is 1.80. The quantitative estimate of drug-likeness (QED) is 0.612. The third-order valence-corrected chi connectivity index (χ3v) is 7.32. The minimum absolute atomic E-state index is 0.191. The second-order valence-corrected chi connectivity index (χ2v) is 8.97. The first-order valence-electron chi connectivity index (χ1n) is 9.63. The van der Waals surface area contributed by atoms with Gasteiger partial charge in [-0.25, -0.2) is 23.4 Å². The van der Waals surface area contributed by atoms with E-state index >= 15 is 0 Å². The molecule has 1 fully saturated rings. The highest BCUT2D eigenvalue weighted by molar-refractivity contribution is 7.89. The summed E-state index contributed by atoms with van der Waals surface area (Å²) in [7, 11) is -2.15. The number of hydrogen-bond donors (Lipinski definition) is 0. The molecule has 0 amide bonds. The van der Waals surface area contributed by atoms with Gasteiger partial charge in [0.25, 0.3) is 0 Å². The smallest absolute Gasteiger partial charge is 0.246 e. The fourth-order valence-electron chi connectivity index (χ4n) is 3.50. The van der Waals surface area contributed by atoms with Crippen LogP contribution in [0.1, 0.15) is 11.4 Å². The second-order valence-electron chi connectivity index (χ2n) is 7.06. The lowest BCUT2D eigenvalue weighted by Gasteiger charge is -2.34. The van der Waals surface area contributed by atoms with Crippen molar-refractivity contribution in [2.75, 3.05) is 38.2 Å². The minimum Gasteiger partial charge on any atom is -0.495 e. The number of benzene rings is 1. The maximum absolute atomic E-state index is 13.1. The molecule has 0 radical (unpaired) electrons. The van der Waals surface area contributed by atoms with Crippen molar-refractivity contribution in [2.45, 2.75) is 18.7 Å². The van der Waals surface area contributed by atoms with Gasteiger partial charge in [-0.2, -0.15) is 4.31 Å². The Morgan fingerprint density at radius 2 is 1.67 bits per heavy atom. The van der Waals surface area contributed by atoms with E-state index in [1.54, 1.807) is 30.6 Å². The molecule has 0 N–H and O–H groups in total. The maximum atomic E-state index is 13.1. The highest BCUT2D eigenvalue weighted by Gasteiger charge is 2.31. The van der Waals surface area contributed by atoms with Crippen LogP contribution in [0, 0.1) is 13.8 Å². The highest BCUT2D eigenvalue weighted by atomic mass is 32.2. The van der Waals surface area contributed by atoms with Crippen LogP contribution in [0.5, 0.6) is 5.75 Å². The van der Waals surface area contributed by atoms with Crippen molar-refractivity contribution >= 4 is 15.8 Å². The summed E-state index contributed by atoms with van der Waals surface area (Å²) >= 11 is 0. The number of imidazole rings is 1. The van der Waals surface area contributed by atoms with Crippen LogP contribution in [-0.2, 0) is 10.0 Å². The predicted molar refractivity (Wildman–Crippen MR) is 113 cm³/mol. The normalized spacial score (nSPS) is 15.4. The van der Waals surface area contributed by atoms with Crippen molar-refractivity contribution in [3.8, 4) is 11.6 Å². The van der Waals surface area contributed by atoms with Gasteiger partial charge in [0.1, 0.15) is 34.9 Å². The summed E-state index contributed by atoms with van der Waals surface area (Å²) in [5.74, 6) is 1.86. The zero-order chi connectivity index (χ0) is 21.3. The first-order chi connectivity index (χ1) is 14.4. The Hall–Kier alpha value is -2.98. The van der Waals surface area contributed by atoms with Crippen LogP contribution in [0.3, 0.4) is 0 Å². The van der Waals surface area contributed by atoms with E-state index in [9.17, 15) is 8.42 Å². The number of anilines is 1. The Bertz CT molecular complexity index is 1150. The second kappa shape index (κ2) is 8.04. The molecule has 1 saturated heterocycles. The lowest BCUT2D eigenvalue weighted by atomic mass is 10.3. The number of ether oxygens (including phenoxy) is 1. The SMILES string of the molecule is COc1ccccc1S(=O)(=O)N1CCN(c2cc(-n3cnc(C)c3C)ncn2)CC1. The number of sulfonamides is 1. The summed E-state index contributed by atoms with van der Waals surface area (Å²) in [6.45, 7) is 5.74. The van der Waals surface area contributed by atoms with Crippen LogP contribution >= 0.6 is 0 Å². The van der Waals surface area contributed by atoms with Gasteiger partial charge in [-0.1, -0.05) is 12.1 Å². The van der Waals surface area contributed by atoms with Gasteiger partial charge in [0, 0.05) is 37.9 Å². The first kappa shape index (κ1) is 20.3. The van der Waals surface area contributed by atoms with Crippen molar-refractivity contribution in [3.05, 3.63) is 54.4 Å². The van der Waals surface area contributed by atoms with Gasteiger partial charge in [0.05, 0.1) is 12.8 Å². The van der Waals surface area contributed by atoms with Crippen LogP contribution in [-0.4, -0.2) is 65.5 Å². The lowest BCUT2D eigenvalue weighted by molar-refractivity contribution is 0.373. The molecule has 9 nitrogen and oxygen atoms in total. The van der Waals surface area contributed by atoms with E-state index < -0.39 is 10.0 Å². The summed E-state index contributed by atoms with van der Waals surface area (Å²) in [5, 5.41) is 0. The summed E-state index contributed by atoms with van der Waals surface area (Å²) in [4.78, 5) is 15.3. The van der Waals surface area contributed by atoms with Crippen LogP contribution < -0.4 is 9.64 Å². The van der Waals surface area contributed by atoms with Crippen LogP contribution in [0.15, 0.2) is 47.9 Å². The maximum Gasteiger partial charge on any atom is 0.246 e. The molecule has 10 heteroatoms. The third kappa shape index (κ3) is 3.63. The zero-order valence-corrected chi connectivity index (χ0v) is 18.0. The van der Waals surface area contributed by atoms with Gasteiger partial charge in [0.15, 0.2) is 0 Å². The molecule has 0 atom stereocenters. The van der Waals surface area contributed by atoms with Crippen LogP contribution in [0.4, 0.5) is 5.82 Å². The third-order valence-electron chi connectivity index (χ3n) is 5.39. The number of piperazine rings is 1. The molecular formula is C20H24N6O3S. The number of aryl methyl sites for hydroxylation is 1. The van der Waals surface area contributed by atoms with Gasteiger partial charge in [-0.15, -0.1) is 0 Å². The molecule has 2 aromatic heterocycles. The molecule has 0 spiro atoms. The topological polar surface area (TPSA) is 93.5 Å². The monoisotopic (exact) mass is 428 g/mol. The van der Waals surface area contributed by atoms with E-state index in [0.717, 1.165) is 23.0 Å². The van der Waals surface area contributed by atoms with Gasteiger partial charge in [-0.05, 0) is 26.0 Å². The van der Waals surface area contributed by atoms with Crippen molar-refractivity contribution in [3.63, 3.8) is 0 Å². The Morgan fingerprint density at radius 1 is 0.967 bits per heavy atom. The van der Waals surface area contributed by atoms with E-state index in [2.05, 4.69) is 19.9 Å². The lowest BCUT2D eigenvalue weighted by Crippen LogP contribution is -2.49. The molecule has 1 aliphatic rings. The molecule has 1 aromatic carbocycles. The van der Waals surface area contributed by atoms with E-state index in [-0.39, 0.29) is 4.90 Å². The first-order valence-corrected chi connectivity index (χ1v) is 11.1. The van der Waals surface area contributed by atoms with Gasteiger partial charge in [0.2, 0.25) is 10.0 Å². The fraction of sp³-hybridized carbons (Fsp3) is 0.350. The summed E-state index contributed by atoms with van der Waals surface area (Å²) < 4.78 is 34.8. The Balaban J connectivity index is 1.51. The van der Waals surface area contributed by atoms with Gasteiger partial charge in [-0.3, -0.25) is 4.57 Å². The van der Waals surface area contributed by atoms with E-state index in [0.29, 0.717) is 31.9 Å². The molecule has 0 bridgehead atoms. The molecule has 4 rings (SSSR count). The molecule has 1 aliphatic heterocycles. The van der Waals surface area contributed by atoms with Crippen molar-refractivity contribution in [1.29, 1.82) is 0 Å². The molecule has 0 unspecified atom stereocenters. The summed E-state index contributed by atoms with van der Waals surface area (Å²) in [6, 6.07) is 8.59. The van der Waals surface area contributed by atoms with Crippen molar-refractivity contribution < 1.29 is 13.2 Å². The van der Waals surface area contributed by atoms with E-state index in [4.69, 9.17) is 4.74 Å². The average Bonchev–Trinajstić information content (AvgIpc) is 3.12. The number of hydrogen-bond acceptors (Lipinski definition) is 7. The number of aromatic nitrogens is 4. The van der Waals surface area contributed by atoms with Crippen molar-refractivity contribution in [1.82, 2.24) is 23.8 Å². The summed E-state index contributed by atoms with van der Waals surface area (Å²) in [5.41, 5.74) is 1.97. The minimum atomic E-state index is -3.63. The van der Waals surface area contributed by atoms with Crippen LogP contribution in [0.2, 0.25) is 0 Å². The van der Waals surface area contributed by atoms with E-state index in [1.165, 1.54) is 17.7 Å².